The van der Waals surface area contributed by atoms with Gasteiger partial charge in [-0.1, -0.05) is 39.0 Å². The van der Waals surface area contributed by atoms with Crippen LogP contribution < -0.4 is 0 Å². The zero-order valence-electron chi connectivity index (χ0n) is 12.3. The number of amides is 1. The van der Waals surface area contributed by atoms with Crippen LogP contribution in [0.3, 0.4) is 0 Å². The van der Waals surface area contributed by atoms with Gasteiger partial charge < -0.3 is 4.90 Å². The number of likely N-dealkylation sites (N-methyl/N-ethyl adjacent to an activating group) is 1. The molecular formula is C14H20N2O3S. The summed E-state index contributed by atoms with van der Waals surface area (Å²) >= 11 is 0. The zero-order chi connectivity index (χ0) is 15.1. The molecule has 1 aromatic carbocycles. The van der Waals surface area contributed by atoms with Gasteiger partial charge in [0.25, 0.3) is 0 Å². The lowest BCUT2D eigenvalue weighted by Crippen LogP contribution is -2.32. The molecule has 0 atom stereocenters. The van der Waals surface area contributed by atoms with Crippen LogP contribution >= 0.6 is 0 Å². The van der Waals surface area contributed by atoms with Gasteiger partial charge >= 0.3 is 0 Å². The second-order valence-corrected chi connectivity index (χ2v) is 8.00. The van der Waals surface area contributed by atoms with Crippen LogP contribution in [0.15, 0.2) is 29.2 Å². The number of benzene rings is 1. The first-order chi connectivity index (χ1) is 9.14. The maximum Gasteiger partial charge on any atom is 0.245 e. The summed E-state index contributed by atoms with van der Waals surface area (Å²) in [5.74, 6) is -0.179. The highest BCUT2D eigenvalue weighted by atomic mass is 32.2. The fourth-order valence-corrected chi connectivity index (χ4v) is 4.03. The summed E-state index contributed by atoms with van der Waals surface area (Å²) < 4.78 is 26.7. The van der Waals surface area contributed by atoms with Crippen LogP contribution in [-0.4, -0.2) is 43.8 Å². The first kappa shape index (κ1) is 15.0. The van der Waals surface area contributed by atoms with Crippen LogP contribution in [0.2, 0.25) is 0 Å². The molecule has 1 fully saturated rings. The van der Waals surface area contributed by atoms with Gasteiger partial charge in [0.05, 0.1) is 18.1 Å². The van der Waals surface area contributed by atoms with E-state index in [1.54, 1.807) is 19.2 Å². The molecule has 1 aliphatic rings. The monoisotopic (exact) mass is 296 g/mol. The number of hydrogen-bond acceptors (Lipinski definition) is 3. The number of rotatable bonds is 2. The number of carbonyl (C=O) groups is 1. The Hall–Kier alpha value is -1.40. The first-order valence-corrected chi connectivity index (χ1v) is 7.91. The van der Waals surface area contributed by atoms with Crippen LogP contribution in [0.5, 0.6) is 0 Å². The van der Waals surface area contributed by atoms with E-state index in [1.165, 1.54) is 9.21 Å². The van der Waals surface area contributed by atoms with Crippen LogP contribution in [0.25, 0.3) is 0 Å². The molecular weight excluding hydrogens is 276 g/mol. The first-order valence-electron chi connectivity index (χ1n) is 6.47. The van der Waals surface area contributed by atoms with Crippen molar-refractivity contribution in [2.75, 3.05) is 20.3 Å². The topological polar surface area (TPSA) is 57.7 Å². The van der Waals surface area contributed by atoms with E-state index in [0.717, 1.165) is 5.56 Å². The van der Waals surface area contributed by atoms with Crippen molar-refractivity contribution in [3.8, 4) is 0 Å². The highest BCUT2D eigenvalue weighted by molar-refractivity contribution is 7.89. The molecule has 0 bridgehead atoms. The maximum atomic E-state index is 12.7. The van der Waals surface area contributed by atoms with Crippen molar-refractivity contribution in [2.24, 2.45) is 0 Å². The molecule has 20 heavy (non-hydrogen) atoms. The van der Waals surface area contributed by atoms with E-state index >= 15 is 0 Å². The van der Waals surface area contributed by atoms with Gasteiger partial charge in [0.15, 0.2) is 0 Å². The number of nitrogens with zero attached hydrogens (tertiary/aromatic N) is 2. The van der Waals surface area contributed by atoms with Crippen LogP contribution in [-0.2, 0) is 20.2 Å². The largest absolute Gasteiger partial charge is 0.331 e. The second-order valence-electron chi connectivity index (χ2n) is 6.09. The maximum absolute atomic E-state index is 12.7. The lowest BCUT2D eigenvalue weighted by molar-refractivity contribution is -0.125. The molecule has 5 nitrogen and oxygen atoms in total. The average Bonchev–Trinajstić information content (AvgIpc) is 2.69. The van der Waals surface area contributed by atoms with Crippen molar-refractivity contribution in [1.29, 1.82) is 0 Å². The minimum atomic E-state index is -3.65. The van der Waals surface area contributed by atoms with Crippen LogP contribution in [0, 0.1) is 0 Å². The Morgan fingerprint density at radius 1 is 1.15 bits per heavy atom. The molecule has 1 saturated heterocycles. The summed E-state index contributed by atoms with van der Waals surface area (Å²) in [4.78, 5) is 13.3. The quantitative estimate of drug-likeness (QED) is 0.829. The van der Waals surface area contributed by atoms with Gasteiger partial charge in [-0.25, -0.2) is 8.42 Å². The van der Waals surface area contributed by atoms with Gasteiger partial charge in [-0.05, 0) is 17.0 Å². The number of sulfonamides is 1. The Balaban J connectivity index is 2.49. The molecule has 0 radical (unpaired) electrons. The molecule has 110 valence electrons. The van der Waals surface area contributed by atoms with Gasteiger partial charge in [-0.2, -0.15) is 4.31 Å². The van der Waals surface area contributed by atoms with Gasteiger partial charge in [0, 0.05) is 7.05 Å². The van der Waals surface area contributed by atoms with Crippen molar-refractivity contribution in [3.05, 3.63) is 29.8 Å². The normalized spacial score (nSPS) is 17.8. The van der Waals surface area contributed by atoms with Crippen molar-refractivity contribution in [1.82, 2.24) is 9.21 Å². The summed E-state index contributed by atoms with van der Waals surface area (Å²) in [6, 6.07) is 6.98. The zero-order valence-corrected chi connectivity index (χ0v) is 13.1. The van der Waals surface area contributed by atoms with Gasteiger partial charge in [-0.15, -0.1) is 0 Å². The molecule has 0 saturated carbocycles. The molecule has 1 aromatic rings. The van der Waals surface area contributed by atoms with E-state index in [1.807, 2.05) is 32.9 Å². The lowest BCUT2D eigenvalue weighted by atomic mass is 9.87. The lowest BCUT2D eigenvalue weighted by Gasteiger charge is -2.24. The Labute approximate surface area is 120 Å². The highest BCUT2D eigenvalue weighted by Crippen LogP contribution is 2.31. The van der Waals surface area contributed by atoms with Crippen molar-refractivity contribution in [2.45, 2.75) is 31.1 Å². The summed E-state index contributed by atoms with van der Waals surface area (Å²) in [6.07, 6.45) is 0. The molecule has 1 heterocycles. The molecule has 0 spiro atoms. The van der Waals surface area contributed by atoms with Crippen molar-refractivity contribution >= 4 is 15.9 Å². The summed E-state index contributed by atoms with van der Waals surface area (Å²) in [6.45, 7) is 5.95. The van der Waals surface area contributed by atoms with Crippen molar-refractivity contribution < 1.29 is 13.2 Å². The van der Waals surface area contributed by atoms with E-state index in [9.17, 15) is 13.2 Å². The Morgan fingerprint density at radius 3 is 2.25 bits per heavy atom. The minimum Gasteiger partial charge on any atom is -0.331 e. The van der Waals surface area contributed by atoms with Crippen LogP contribution in [0.1, 0.15) is 26.3 Å². The molecule has 1 amide bonds. The van der Waals surface area contributed by atoms with E-state index in [0.29, 0.717) is 0 Å². The second kappa shape index (κ2) is 4.86. The Bertz CT molecular complexity index is 632. The molecule has 6 heteroatoms. The van der Waals surface area contributed by atoms with E-state index in [4.69, 9.17) is 0 Å². The SMILES string of the molecule is CN1CN(S(=O)(=O)c2ccccc2C(C)(C)C)CC1=O. The standard InChI is InChI=1S/C14H20N2O3S/c1-14(2,3)11-7-5-6-8-12(11)20(18,19)16-9-13(17)15(4)10-16/h5-8H,9-10H2,1-4H3. The third-order valence-corrected chi connectivity index (χ3v) is 5.26. The summed E-state index contributed by atoms with van der Waals surface area (Å²) in [5, 5.41) is 0. The third kappa shape index (κ3) is 2.58. The van der Waals surface area contributed by atoms with Crippen molar-refractivity contribution in [3.63, 3.8) is 0 Å². The van der Waals surface area contributed by atoms with E-state index < -0.39 is 10.0 Å². The fraction of sp³-hybridized carbons (Fsp3) is 0.500. The predicted molar refractivity (Wildman–Crippen MR) is 76.7 cm³/mol. The Kier molecular flexibility index (Phi) is 3.64. The summed E-state index contributed by atoms with van der Waals surface area (Å²) in [7, 11) is -2.04. The molecule has 0 aliphatic carbocycles. The average molecular weight is 296 g/mol. The van der Waals surface area contributed by atoms with Crippen LogP contribution in [0.4, 0.5) is 0 Å². The molecule has 0 aromatic heterocycles. The van der Waals surface area contributed by atoms with E-state index in [-0.39, 0.29) is 29.4 Å². The van der Waals surface area contributed by atoms with E-state index in [2.05, 4.69) is 0 Å². The molecule has 1 aliphatic heterocycles. The molecule has 0 unspecified atom stereocenters. The fourth-order valence-electron chi connectivity index (χ4n) is 2.25. The molecule has 2 rings (SSSR count). The van der Waals surface area contributed by atoms with Gasteiger partial charge in [0.2, 0.25) is 15.9 Å². The Morgan fingerprint density at radius 2 is 1.75 bits per heavy atom. The number of hydrogen-bond donors (Lipinski definition) is 0. The minimum absolute atomic E-state index is 0.0860. The van der Waals surface area contributed by atoms with Gasteiger partial charge in [-0.3, -0.25) is 4.79 Å². The highest BCUT2D eigenvalue weighted by Gasteiger charge is 2.36. The third-order valence-electron chi connectivity index (χ3n) is 3.42. The predicted octanol–water partition coefficient (Wildman–Crippen LogP) is 1.40. The summed E-state index contributed by atoms with van der Waals surface area (Å²) in [5.41, 5.74) is 0.487. The smallest absolute Gasteiger partial charge is 0.245 e. The number of carbonyl (C=O) groups excluding carboxylic acids is 1. The van der Waals surface area contributed by atoms with Gasteiger partial charge in [0.1, 0.15) is 0 Å². The molecule has 0 N–H and O–H groups in total.